The first-order valence-electron chi connectivity index (χ1n) is 11.0. The Morgan fingerprint density at radius 2 is 1.63 bits per heavy atom. The lowest BCUT2D eigenvalue weighted by molar-refractivity contribution is -0.116. The number of hydrogen-bond donors (Lipinski definition) is 0. The summed E-state index contributed by atoms with van der Waals surface area (Å²) < 4.78 is 3.34. The molecule has 5 rings (SSSR count). The highest BCUT2D eigenvalue weighted by Crippen LogP contribution is 2.24. The highest BCUT2D eigenvalue weighted by Gasteiger charge is 2.20. The zero-order valence-corrected chi connectivity index (χ0v) is 19.4. The number of para-hydroxylation sites is 3. The van der Waals surface area contributed by atoms with Gasteiger partial charge in [-0.25, -0.2) is 4.57 Å². The number of carbonyl (C=O) groups excluding carboxylic acids is 1. The molecule has 0 atom stereocenters. The maximum atomic E-state index is 13.4. The molecule has 0 saturated heterocycles. The summed E-state index contributed by atoms with van der Waals surface area (Å²) in [4.78, 5) is 28.1. The second kappa shape index (κ2) is 9.83. The van der Waals surface area contributed by atoms with Crippen molar-refractivity contribution in [1.82, 2.24) is 19.2 Å². The van der Waals surface area contributed by atoms with E-state index < -0.39 is 0 Å². The number of anilines is 1. The lowest BCUT2D eigenvalue weighted by Gasteiger charge is -2.21. The Morgan fingerprint density at radius 3 is 2.37 bits per heavy atom. The van der Waals surface area contributed by atoms with Gasteiger partial charge in [0, 0.05) is 12.2 Å². The molecule has 0 saturated carbocycles. The summed E-state index contributed by atoms with van der Waals surface area (Å²) in [5.74, 6) is 0.327. The molecule has 5 aromatic rings. The first-order valence-corrected chi connectivity index (χ1v) is 12.0. The summed E-state index contributed by atoms with van der Waals surface area (Å²) in [5, 5.41) is 18.7. The van der Waals surface area contributed by atoms with E-state index >= 15 is 0 Å². The summed E-state index contributed by atoms with van der Waals surface area (Å²) in [7, 11) is 0. The lowest BCUT2D eigenvalue weighted by atomic mass is 10.2. The van der Waals surface area contributed by atoms with Gasteiger partial charge in [-0.2, -0.15) is 5.26 Å². The first-order chi connectivity index (χ1) is 17.2. The Balaban J connectivity index is 1.55. The van der Waals surface area contributed by atoms with Crippen LogP contribution in [0.25, 0.3) is 22.4 Å². The number of benzene rings is 3. The smallest absolute Gasteiger partial charge is 0.267 e. The van der Waals surface area contributed by atoms with Crippen LogP contribution in [0.15, 0.2) is 94.9 Å². The third-order valence-corrected chi connectivity index (χ3v) is 6.46. The highest BCUT2D eigenvalue weighted by atomic mass is 32.2. The Labute approximate surface area is 205 Å². The van der Waals surface area contributed by atoms with Gasteiger partial charge < -0.3 is 4.90 Å². The zero-order chi connectivity index (χ0) is 24.2. The van der Waals surface area contributed by atoms with Crippen LogP contribution in [-0.2, 0) is 4.79 Å². The molecule has 3 aromatic carbocycles. The first kappa shape index (κ1) is 22.4. The van der Waals surface area contributed by atoms with Gasteiger partial charge in [-0.1, -0.05) is 60.3 Å². The van der Waals surface area contributed by atoms with Crippen molar-refractivity contribution in [2.75, 3.05) is 17.2 Å². The fourth-order valence-corrected chi connectivity index (χ4v) is 4.77. The molecule has 9 heteroatoms. The van der Waals surface area contributed by atoms with Crippen LogP contribution in [0.3, 0.4) is 0 Å². The fourth-order valence-electron chi connectivity index (χ4n) is 3.95. The van der Waals surface area contributed by atoms with E-state index in [1.165, 1.54) is 16.3 Å². The summed E-state index contributed by atoms with van der Waals surface area (Å²) in [6, 6.07) is 28.0. The van der Waals surface area contributed by atoms with Crippen LogP contribution in [0.4, 0.5) is 5.69 Å². The minimum absolute atomic E-state index is 0.0971. The van der Waals surface area contributed by atoms with Crippen LogP contribution < -0.4 is 10.5 Å². The van der Waals surface area contributed by atoms with Gasteiger partial charge in [0.1, 0.15) is 0 Å². The summed E-state index contributed by atoms with van der Waals surface area (Å²) in [6.07, 6.45) is 0.229. The van der Waals surface area contributed by atoms with Gasteiger partial charge in [-0.3, -0.25) is 14.0 Å². The monoisotopic (exact) mass is 480 g/mol. The van der Waals surface area contributed by atoms with Crippen LogP contribution in [0.1, 0.15) is 6.42 Å². The number of aromatic nitrogens is 4. The number of carbonyl (C=O) groups is 1. The van der Waals surface area contributed by atoms with Gasteiger partial charge in [0.05, 0.1) is 34.8 Å². The Morgan fingerprint density at radius 1 is 0.943 bits per heavy atom. The molecule has 1 amide bonds. The predicted molar refractivity (Wildman–Crippen MR) is 136 cm³/mol. The van der Waals surface area contributed by atoms with Crippen molar-refractivity contribution in [3.8, 4) is 11.8 Å². The highest BCUT2D eigenvalue weighted by molar-refractivity contribution is 7.99. The van der Waals surface area contributed by atoms with Crippen molar-refractivity contribution >= 4 is 40.0 Å². The second-order valence-electron chi connectivity index (χ2n) is 7.69. The number of amides is 1. The maximum absolute atomic E-state index is 13.4. The van der Waals surface area contributed by atoms with Gasteiger partial charge in [0.2, 0.25) is 11.7 Å². The van der Waals surface area contributed by atoms with E-state index in [4.69, 9.17) is 5.26 Å². The minimum Gasteiger partial charge on any atom is -0.311 e. The number of nitriles is 1. The molecule has 0 bridgehead atoms. The average molecular weight is 481 g/mol. The standard InChI is InChI=1S/C26H20N6O2S/c27-16-9-17-30(19-10-3-1-4-11-19)23(33)18-35-26-29-28-25-31(20-12-5-2-6-13-20)24(34)21-14-7-8-15-22(21)32(25)26/h1-8,10-15H,9,17-18H2. The molecule has 0 radical (unpaired) electrons. The maximum Gasteiger partial charge on any atom is 0.267 e. The van der Waals surface area contributed by atoms with Crippen LogP contribution >= 0.6 is 11.8 Å². The Kier molecular flexibility index (Phi) is 6.28. The van der Waals surface area contributed by atoms with Crippen LogP contribution in [0.5, 0.6) is 0 Å². The third kappa shape index (κ3) is 4.27. The predicted octanol–water partition coefficient (Wildman–Crippen LogP) is 4.07. The van der Waals surface area contributed by atoms with Gasteiger partial charge in [0.25, 0.3) is 5.56 Å². The topological polar surface area (TPSA) is 96.3 Å². The quantitative estimate of drug-likeness (QED) is 0.326. The van der Waals surface area contributed by atoms with Crippen molar-refractivity contribution < 1.29 is 4.79 Å². The second-order valence-corrected chi connectivity index (χ2v) is 8.63. The van der Waals surface area contributed by atoms with E-state index in [9.17, 15) is 9.59 Å². The number of thioether (sulfide) groups is 1. The van der Waals surface area contributed by atoms with Gasteiger partial charge in [-0.05, 0) is 36.4 Å². The van der Waals surface area contributed by atoms with Crippen molar-refractivity contribution in [1.29, 1.82) is 5.26 Å². The van der Waals surface area contributed by atoms with Crippen LogP contribution in [0, 0.1) is 11.3 Å². The van der Waals surface area contributed by atoms with E-state index in [-0.39, 0.29) is 23.6 Å². The zero-order valence-electron chi connectivity index (χ0n) is 18.6. The number of rotatable bonds is 7. The van der Waals surface area contributed by atoms with Crippen molar-refractivity contribution in [2.45, 2.75) is 11.6 Å². The minimum atomic E-state index is -0.189. The van der Waals surface area contributed by atoms with E-state index in [2.05, 4.69) is 16.3 Å². The molecule has 0 fully saturated rings. The van der Waals surface area contributed by atoms with Gasteiger partial charge in [-0.15, -0.1) is 10.2 Å². The van der Waals surface area contributed by atoms with E-state index in [0.29, 0.717) is 34.1 Å². The molecule has 35 heavy (non-hydrogen) atoms. The normalized spacial score (nSPS) is 10.9. The van der Waals surface area contributed by atoms with E-state index in [0.717, 1.165) is 5.69 Å². The van der Waals surface area contributed by atoms with Crippen molar-refractivity contribution in [3.05, 3.63) is 95.3 Å². The number of nitrogens with zero attached hydrogens (tertiary/aromatic N) is 6. The molecular formula is C26H20N6O2S. The van der Waals surface area contributed by atoms with Gasteiger partial charge in [0.15, 0.2) is 5.16 Å². The van der Waals surface area contributed by atoms with E-state index in [1.54, 1.807) is 11.0 Å². The Hall–Kier alpha value is -4.42. The molecule has 0 N–H and O–H groups in total. The molecular weight excluding hydrogens is 460 g/mol. The largest absolute Gasteiger partial charge is 0.311 e. The van der Waals surface area contributed by atoms with Crippen LogP contribution in [-0.4, -0.2) is 37.4 Å². The van der Waals surface area contributed by atoms with Crippen LogP contribution in [0.2, 0.25) is 0 Å². The van der Waals surface area contributed by atoms with Gasteiger partial charge >= 0.3 is 0 Å². The lowest BCUT2D eigenvalue weighted by Crippen LogP contribution is -2.33. The third-order valence-electron chi connectivity index (χ3n) is 5.55. The molecule has 0 aliphatic rings. The SMILES string of the molecule is N#CCCN(C(=O)CSc1nnc2n(-c3ccccc3)c(=O)c3ccccc3n12)c1ccccc1. The fraction of sp³-hybridized carbons (Fsp3) is 0.115. The molecule has 0 unspecified atom stereocenters. The number of hydrogen-bond acceptors (Lipinski definition) is 6. The van der Waals surface area contributed by atoms with Crippen molar-refractivity contribution in [2.24, 2.45) is 0 Å². The molecule has 2 heterocycles. The molecule has 0 spiro atoms. The molecule has 8 nitrogen and oxygen atoms in total. The number of fused-ring (bicyclic) bond motifs is 3. The molecule has 0 aliphatic carbocycles. The Bertz CT molecular complexity index is 1610. The average Bonchev–Trinajstić information content (AvgIpc) is 3.33. The summed E-state index contributed by atoms with van der Waals surface area (Å²) in [5.41, 5.74) is 1.90. The summed E-state index contributed by atoms with van der Waals surface area (Å²) in [6.45, 7) is 0.303. The summed E-state index contributed by atoms with van der Waals surface area (Å²) >= 11 is 1.25. The van der Waals surface area contributed by atoms with E-state index in [1.807, 2.05) is 83.3 Å². The van der Waals surface area contributed by atoms with Crippen molar-refractivity contribution in [3.63, 3.8) is 0 Å². The molecule has 172 valence electrons. The molecule has 2 aromatic heterocycles. The molecule has 0 aliphatic heterocycles.